The third-order valence-corrected chi connectivity index (χ3v) is 3.70. The molecule has 122 valence electrons. The lowest BCUT2D eigenvalue weighted by atomic mass is 10.2. The molecule has 7 nitrogen and oxygen atoms in total. The minimum Gasteiger partial charge on any atom is -0.485 e. The molecule has 3 aromatic rings. The molecule has 1 aromatic carbocycles. The van der Waals surface area contributed by atoms with Gasteiger partial charge in [-0.15, -0.1) is 11.3 Å². The number of aromatic nitrogens is 1. The van der Waals surface area contributed by atoms with Gasteiger partial charge in [-0.3, -0.25) is 4.79 Å². The van der Waals surface area contributed by atoms with Gasteiger partial charge in [-0.1, -0.05) is 12.1 Å². The van der Waals surface area contributed by atoms with Gasteiger partial charge in [0.05, 0.1) is 22.5 Å². The number of thiazole rings is 1. The zero-order valence-corrected chi connectivity index (χ0v) is 13.1. The number of ether oxygens (including phenoxy) is 1. The predicted octanol–water partition coefficient (Wildman–Crippen LogP) is 3.27. The van der Waals surface area contributed by atoms with Gasteiger partial charge in [-0.25, -0.2) is 9.78 Å². The molecule has 0 saturated heterocycles. The summed E-state index contributed by atoms with van der Waals surface area (Å²) >= 11 is 1.47. The van der Waals surface area contributed by atoms with Gasteiger partial charge in [0.2, 0.25) is 0 Å². The van der Waals surface area contributed by atoms with E-state index in [1.54, 1.807) is 29.8 Å². The Labute approximate surface area is 140 Å². The van der Waals surface area contributed by atoms with Crippen molar-refractivity contribution in [1.82, 2.24) is 4.98 Å². The van der Waals surface area contributed by atoms with Crippen molar-refractivity contribution < 1.29 is 23.8 Å². The molecule has 24 heavy (non-hydrogen) atoms. The number of carboxylic acids is 1. The molecule has 0 atom stereocenters. The van der Waals surface area contributed by atoms with Crippen LogP contribution >= 0.6 is 11.3 Å². The molecule has 0 unspecified atom stereocenters. The highest BCUT2D eigenvalue weighted by atomic mass is 32.1. The summed E-state index contributed by atoms with van der Waals surface area (Å²) in [4.78, 5) is 27.1. The molecule has 0 radical (unpaired) electrons. The van der Waals surface area contributed by atoms with Crippen molar-refractivity contribution in [2.75, 3.05) is 5.32 Å². The third-order valence-electron chi connectivity index (χ3n) is 3.06. The third kappa shape index (κ3) is 3.61. The summed E-state index contributed by atoms with van der Waals surface area (Å²) in [5.41, 5.74) is 2.86. The zero-order valence-electron chi connectivity index (χ0n) is 12.3. The van der Waals surface area contributed by atoms with E-state index in [0.717, 1.165) is 18.0 Å². The van der Waals surface area contributed by atoms with Crippen molar-refractivity contribution in [3.05, 3.63) is 64.5 Å². The molecule has 3 rings (SSSR count). The minimum atomic E-state index is -1.16. The van der Waals surface area contributed by atoms with Crippen molar-refractivity contribution in [2.45, 2.75) is 6.61 Å². The quantitative estimate of drug-likeness (QED) is 0.711. The van der Waals surface area contributed by atoms with E-state index in [0.29, 0.717) is 11.4 Å². The number of carboxylic acid groups (broad SMARTS) is 1. The van der Waals surface area contributed by atoms with Gasteiger partial charge in [0.25, 0.3) is 5.91 Å². The lowest BCUT2D eigenvalue weighted by molar-refractivity contribution is 0.0696. The second-order valence-corrected chi connectivity index (χ2v) is 5.44. The van der Waals surface area contributed by atoms with Crippen LogP contribution in [0.2, 0.25) is 0 Å². The largest absolute Gasteiger partial charge is 0.485 e. The Bertz CT molecular complexity index is 857. The molecule has 8 heteroatoms. The molecule has 2 heterocycles. The molecule has 2 aromatic heterocycles. The van der Waals surface area contributed by atoms with E-state index in [-0.39, 0.29) is 17.9 Å². The molecule has 2 N–H and O–H groups in total. The lowest BCUT2D eigenvalue weighted by Gasteiger charge is -2.11. The molecule has 0 aliphatic heterocycles. The average Bonchev–Trinajstić information content (AvgIpc) is 3.26. The van der Waals surface area contributed by atoms with E-state index in [4.69, 9.17) is 14.3 Å². The maximum atomic E-state index is 12.2. The first-order chi connectivity index (χ1) is 11.6. The van der Waals surface area contributed by atoms with E-state index >= 15 is 0 Å². The fourth-order valence-corrected chi connectivity index (χ4v) is 2.45. The summed E-state index contributed by atoms with van der Waals surface area (Å²) in [5, 5.41) is 13.4. The lowest BCUT2D eigenvalue weighted by Crippen LogP contribution is -2.12. The number of hydrogen-bond donors (Lipinski definition) is 2. The van der Waals surface area contributed by atoms with Crippen LogP contribution in [0.15, 0.2) is 51.9 Å². The number of amides is 1. The Morgan fingerprint density at radius 2 is 2.17 bits per heavy atom. The highest BCUT2D eigenvalue weighted by molar-refractivity contribution is 7.07. The fourth-order valence-electron chi connectivity index (χ4n) is 1.91. The Kier molecular flexibility index (Phi) is 4.57. The topological polar surface area (TPSA) is 102 Å². The summed E-state index contributed by atoms with van der Waals surface area (Å²) in [6.45, 7) is 0.278. The number of para-hydroxylation sites is 2. The molecule has 0 aliphatic carbocycles. The molecule has 1 amide bonds. The van der Waals surface area contributed by atoms with Crippen molar-refractivity contribution >= 4 is 28.9 Å². The maximum absolute atomic E-state index is 12.2. The van der Waals surface area contributed by atoms with Gasteiger partial charge in [0.15, 0.2) is 5.76 Å². The monoisotopic (exact) mass is 344 g/mol. The van der Waals surface area contributed by atoms with E-state index in [1.807, 2.05) is 5.38 Å². The number of nitrogens with one attached hydrogen (secondary N) is 1. The number of benzene rings is 1. The summed E-state index contributed by atoms with van der Waals surface area (Å²) < 4.78 is 10.6. The number of anilines is 1. The Morgan fingerprint density at radius 1 is 1.33 bits per heavy atom. The number of aromatic carboxylic acids is 1. The van der Waals surface area contributed by atoms with Crippen LogP contribution < -0.4 is 10.1 Å². The summed E-state index contributed by atoms with van der Waals surface area (Å²) in [6, 6.07) is 8.08. The fraction of sp³-hybridized carbons (Fsp3) is 0.0625. The van der Waals surface area contributed by atoms with Crippen LogP contribution in [-0.2, 0) is 6.61 Å². The van der Waals surface area contributed by atoms with Crippen LogP contribution in [0.3, 0.4) is 0 Å². The molecule has 0 spiro atoms. The van der Waals surface area contributed by atoms with Crippen LogP contribution in [0.4, 0.5) is 5.69 Å². The van der Waals surface area contributed by atoms with E-state index in [1.165, 1.54) is 11.3 Å². The molecular formula is C16H12N2O5S. The SMILES string of the molecule is O=C(O)c1coc(C(=O)Nc2ccccc2OCc2cscn2)c1. The normalized spacial score (nSPS) is 10.3. The van der Waals surface area contributed by atoms with Gasteiger partial charge in [0, 0.05) is 11.4 Å². The van der Waals surface area contributed by atoms with Crippen molar-refractivity contribution in [2.24, 2.45) is 0 Å². The number of carbonyl (C=O) groups excluding carboxylic acids is 1. The van der Waals surface area contributed by atoms with Gasteiger partial charge >= 0.3 is 5.97 Å². The van der Waals surface area contributed by atoms with Gasteiger partial charge in [0.1, 0.15) is 18.6 Å². The Morgan fingerprint density at radius 3 is 2.88 bits per heavy atom. The van der Waals surface area contributed by atoms with Crippen LogP contribution in [0.25, 0.3) is 0 Å². The first kappa shape index (κ1) is 15.8. The predicted molar refractivity (Wildman–Crippen MR) is 86.5 cm³/mol. The van der Waals surface area contributed by atoms with Crippen molar-refractivity contribution in [3.8, 4) is 5.75 Å². The number of hydrogen-bond acceptors (Lipinski definition) is 6. The number of furan rings is 1. The van der Waals surface area contributed by atoms with Gasteiger partial charge in [-0.05, 0) is 12.1 Å². The first-order valence-electron chi connectivity index (χ1n) is 6.85. The van der Waals surface area contributed by atoms with Crippen molar-refractivity contribution in [3.63, 3.8) is 0 Å². The highest BCUT2D eigenvalue weighted by Gasteiger charge is 2.16. The number of carbonyl (C=O) groups is 2. The molecule has 0 fully saturated rings. The van der Waals surface area contributed by atoms with E-state index in [9.17, 15) is 9.59 Å². The number of nitrogens with zero attached hydrogens (tertiary/aromatic N) is 1. The van der Waals surface area contributed by atoms with E-state index in [2.05, 4.69) is 10.3 Å². The van der Waals surface area contributed by atoms with Gasteiger partial charge in [-0.2, -0.15) is 0 Å². The standard InChI is InChI=1S/C16H12N2O5S/c19-15(14-5-10(6-22-14)16(20)21)18-12-3-1-2-4-13(12)23-7-11-8-24-9-17-11/h1-6,8-9H,7H2,(H,18,19)(H,20,21). The molecule has 0 saturated carbocycles. The van der Waals surface area contributed by atoms with Gasteiger partial charge < -0.3 is 19.6 Å². The van der Waals surface area contributed by atoms with Crippen molar-refractivity contribution in [1.29, 1.82) is 0 Å². The van der Waals surface area contributed by atoms with E-state index < -0.39 is 11.9 Å². The van der Waals surface area contributed by atoms with Crippen LogP contribution in [0, 0.1) is 0 Å². The molecule has 0 bridgehead atoms. The molecule has 0 aliphatic rings. The number of rotatable bonds is 6. The summed E-state index contributed by atoms with van der Waals surface area (Å²) in [7, 11) is 0. The van der Waals surface area contributed by atoms with Crippen LogP contribution in [0.5, 0.6) is 5.75 Å². The highest BCUT2D eigenvalue weighted by Crippen LogP contribution is 2.25. The first-order valence-corrected chi connectivity index (χ1v) is 7.80. The van der Waals surface area contributed by atoms with Crippen LogP contribution in [-0.4, -0.2) is 22.0 Å². The Balaban J connectivity index is 1.72. The summed E-state index contributed by atoms with van der Waals surface area (Å²) in [6.07, 6.45) is 1.02. The average molecular weight is 344 g/mol. The minimum absolute atomic E-state index is 0.0896. The Hall–Kier alpha value is -3.13. The van der Waals surface area contributed by atoms with Crippen LogP contribution in [0.1, 0.15) is 26.6 Å². The smallest absolute Gasteiger partial charge is 0.338 e. The zero-order chi connectivity index (χ0) is 16.9. The maximum Gasteiger partial charge on any atom is 0.338 e. The molecular weight excluding hydrogens is 332 g/mol. The summed E-state index contributed by atoms with van der Waals surface area (Å²) in [5.74, 6) is -1.34. The second-order valence-electron chi connectivity index (χ2n) is 4.72. The second kappa shape index (κ2) is 6.97.